The Hall–Kier alpha value is -1.52. The molecule has 0 spiro atoms. The second kappa shape index (κ2) is 5.04. The quantitative estimate of drug-likeness (QED) is 0.928. The Morgan fingerprint density at radius 3 is 3.14 bits per heavy atom. The molecule has 0 radical (unpaired) electrons. The summed E-state index contributed by atoms with van der Waals surface area (Å²) in [5, 5.41) is 4.57. The molecule has 3 unspecified atom stereocenters. The van der Waals surface area contributed by atoms with E-state index in [1.807, 2.05) is 6.07 Å². The number of nitrogens with zero attached hydrogens (tertiary/aromatic N) is 1. The van der Waals surface area contributed by atoms with Gasteiger partial charge < -0.3 is 14.6 Å². The number of nitrogens with one attached hydrogen (secondary N) is 1. The number of hydrogen-bond acceptors (Lipinski definition) is 3. The molecule has 2 bridgehead atoms. The Labute approximate surface area is 128 Å². The Kier molecular flexibility index (Phi) is 3.16. The molecule has 1 aromatic heterocycles. The van der Waals surface area contributed by atoms with E-state index >= 15 is 0 Å². The van der Waals surface area contributed by atoms with Gasteiger partial charge in [-0.1, -0.05) is 11.6 Å². The number of carbonyl (C=O) groups excluding carboxylic acids is 1. The van der Waals surface area contributed by atoms with E-state index in [2.05, 4.69) is 10.2 Å². The Bertz CT molecular complexity index is 685. The van der Waals surface area contributed by atoms with E-state index in [0.29, 0.717) is 16.2 Å². The maximum absolute atomic E-state index is 12.4. The molecule has 1 N–H and O–H groups in total. The van der Waals surface area contributed by atoms with E-state index < -0.39 is 0 Å². The fourth-order valence-corrected chi connectivity index (χ4v) is 3.77. The average Bonchev–Trinajstić information content (AvgIpc) is 3.02. The molecular weight excluding hydrogens is 288 g/mol. The van der Waals surface area contributed by atoms with Crippen molar-refractivity contribution in [3.05, 3.63) is 35.0 Å². The third kappa shape index (κ3) is 2.43. The number of fused-ring (bicyclic) bond motifs is 3. The lowest BCUT2D eigenvalue weighted by Gasteiger charge is -2.30. The van der Waals surface area contributed by atoms with Crippen LogP contribution in [0.25, 0.3) is 11.0 Å². The number of carbonyl (C=O) groups is 1. The molecular formula is C16H17ClN2O2. The van der Waals surface area contributed by atoms with Gasteiger partial charge in [0.25, 0.3) is 5.91 Å². The molecule has 0 aliphatic carbocycles. The summed E-state index contributed by atoms with van der Waals surface area (Å²) in [6, 6.07) is 5.66. The minimum atomic E-state index is -0.0306. The van der Waals surface area contributed by atoms with Crippen molar-refractivity contribution in [1.82, 2.24) is 10.2 Å². The summed E-state index contributed by atoms with van der Waals surface area (Å²) in [5.41, 5.74) is 1.28. The molecule has 4 nitrogen and oxygen atoms in total. The first-order valence-corrected chi connectivity index (χ1v) is 7.77. The molecule has 2 saturated heterocycles. The molecule has 3 heterocycles. The first-order chi connectivity index (χ1) is 10.2. The minimum absolute atomic E-state index is 0.0306. The number of benzene rings is 1. The molecule has 2 fully saturated rings. The van der Waals surface area contributed by atoms with Crippen LogP contribution in [-0.4, -0.2) is 36.5 Å². The molecule has 1 amide bonds. The second-order valence-electron chi connectivity index (χ2n) is 6.11. The van der Waals surface area contributed by atoms with E-state index in [0.717, 1.165) is 24.3 Å². The molecule has 2 aliphatic heterocycles. The molecule has 2 aromatic rings. The van der Waals surface area contributed by atoms with Gasteiger partial charge >= 0.3 is 0 Å². The number of hydrogen-bond donors (Lipinski definition) is 1. The van der Waals surface area contributed by atoms with Gasteiger partial charge in [0, 0.05) is 30.1 Å². The van der Waals surface area contributed by atoms with Gasteiger partial charge in [0.2, 0.25) is 0 Å². The van der Waals surface area contributed by atoms with Crippen molar-refractivity contribution in [2.24, 2.45) is 5.92 Å². The molecule has 1 aromatic carbocycles. The van der Waals surface area contributed by atoms with Crippen LogP contribution in [0.1, 0.15) is 23.2 Å². The van der Waals surface area contributed by atoms with Crippen LogP contribution >= 0.6 is 11.6 Å². The third-order valence-corrected chi connectivity index (χ3v) is 4.88. The Balaban J connectivity index is 1.50. The first-order valence-electron chi connectivity index (χ1n) is 7.39. The van der Waals surface area contributed by atoms with Crippen LogP contribution in [-0.2, 0) is 0 Å². The van der Waals surface area contributed by atoms with Crippen molar-refractivity contribution < 1.29 is 9.21 Å². The van der Waals surface area contributed by atoms with E-state index in [-0.39, 0.29) is 11.9 Å². The standard InChI is InChI=1S/C16H17ClN2O2/c17-14-9-21-15-6-11(1-2-13(14)15)16(20)18-12-5-10-3-4-19(7-10)8-12/h1-2,6,9-10,12H,3-5,7-8H2,(H,18,20). The van der Waals surface area contributed by atoms with Crippen molar-refractivity contribution in [2.75, 3.05) is 19.6 Å². The van der Waals surface area contributed by atoms with Crippen LogP contribution in [0.5, 0.6) is 0 Å². The highest BCUT2D eigenvalue weighted by atomic mass is 35.5. The third-order valence-electron chi connectivity index (χ3n) is 4.59. The fraction of sp³-hybridized carbons (Fsp3) is 0.438. The highest BCUT2D eigenvalue weighted by Crippen LogP contribution is 2.28. The predicted octanol–water partition coefficient (Wildman–Crippen LogP) is 2.91. The number of amides is 1. The summed E-state index contributed by atoms with van der Waals surface area (Å²) in [6.07, 6.45) is 3.86. The van der Waals surface area contributed by atoms with Gasteiger partial charge in [0.05, 0.1) is 5.02 Å². The van der Waals surface area contributed by atoms with E-state index in [4.69, 9.17) is 16.0 Å². The van der Waals surface area contributed by atoms with Crippen molar-refractivity contribution >= 4 is 28.5 Å². The van der Waals surface area contributed by atoms with Gasteiger partial charge in [-0.2, -0.15) is 0 Å². The molecule has 2 aliphatic rings. The highest BCUT2D eigenvalue weighted by Gasteiger charge is 2.32. The topological polar surface area (TPSA) is 45.5 Å². The number of furan rings is 1. The first kappa shape index (κ1) is 13.2. The van der Waals surface area contributed by atoms with Crippen molar-refractivity contribution in [3.63, 3.8) is 0 Å². The van der Waals surface area contributed by atoms with Crippen LogP contribution in [0.3, 0.4) is 0 Å². The Morgan fingerprint density at radius 1 is 1.38 bits per heavy atom. The highest BCUT2D eigenvalue weighted by molar-refractivity contribution is 6.35. The molecule has 110 valence electrons. The Morgan fingerprint density at radius 2 is 2.29 bits per heavy atom. The van der Waals surface area contributed by atoms with Crippen LogP contribution in [0.2, 0.25) is 5.02 Å². The van der Waals surface area contributed by atoms with E-state index in [9.17, 15) is 4.79 Å². The van der Waals surface area contributed by atoms with E-state index in [1.165, 1.54) is 25.8 Å². The maximum atomic E-state index is 12.4. The summed E-state index contributed by atoms with van der Waals surface area (Å²) < 4.78 is 5.35. The smallest absolute Gasteiger partial charge is 0.251 e. The van der Waals surface area contributed by atoms with Crippen LogP contribution in [0, 0.1) is 5.92 Å². The SMILES string of the molecule is O=C(NC1CC2CCN(C2)C1)c1ccc2c(Cl)coc2c1. The summed E-state index contributed by atoms with van der Waals surface area (Å²) in [5.74, 6) is 0.715. The van der Waals surface area contributed by atoms with Gasteiger partial charge in [0.1, 0.15) is 11.8 Å². The second-order valence-corrected chi connectivity index (χ2v) is 6.52. The minimum Gasteiger partial charge on any atom is -0.463 e. The molecule has 4 rings (SSSR count). The zero-order valence-electron chi connectivity index (χ0n) is 11.6. The van der Waals surface area contributed by atoms with E-state index in [1.54, 1.807) is 12.1 Å². The molecule has 3 atom stereocenters. The monoisotopic (exact) mass is 304 g/mol. The predicted molar refractivity (Wildman–Crippen MR) is 81.6 cm³/mol. The fourth-order valence-electron chi connectivity index (χ4n) is 3.57. The summed E-state index contributed by atoms with van der Waals surface area (Å²) in [7, 11) is 0. The van der Waals surface area contributed by atoms with Gasteiger partial charge in [-0.25, -0.2) is 0 Å². The van der Waals surface area contributed by atoms with Crippen LogP contribution < -0.4 is 5.32 Å². The van der Waals surface area contributed by atoms with Crippen LogP contribution in [0.4, 0.5) is 0 Å². The normalized spacial score (nSPS) is 28.0. The summed E-state index contributed by atoms with van der Waals surface area (Å²) in [6.45, 7) is 3.34. The zero-order chi connectivity index (χ0) is 14.4. The van der Waals surface area contributed by atoms with Gasteiger partial charge in [-0.3, -0.25) is 4.79 Å². The maximum Gasteiger partial charge on any atom is 0.251 e. The van der Waals surface area contributed by atoms with Crippen molar-refractivity contribution in [3.8, 4) is 0 Å². The molecule has 5 heteroatoms. The summed E-state index contributed by atoms with van der Waals surface area (Å²) in [4.78, 5) is 14.8. The number of piperidine rings is 1. The van der Waals surface area contributed by atoms with Gasteiger partial charge in [-0.15, -0.1) is 0 Å². The lowest BCUT2D eigenvalue weighted by molar-refractivity contribution is 0.0909. The van der Waals surface area contributed by atoms with Crippen LogP contribution in [0.15, 0.2) is 28.9 Å². The largest absolute Gasteiger partial charge is 0.463 e. The summed E-state index contributed by atoms with van der Waals surface area (Å²) >= 11 is 6.00. The lowest BCUT2D eigenvalue weighted by atomic mass is 9.96. The van der Waals surface area contributed by atoms with Crippen molar-refractivity contribution in [2.45, 2.75) is 18.9 Å². The lowest BCUT2D eigenvalue weighted by Crippen LogP contribution is -2.47. The zero-order valence-corrected chi connectivity index (χ0v) is 12.4. The number of halogens is 1. The van der Waals surface area contributed by atoms with Gasteiger partial charge in [-0.05, 0) is 43.5 Å². The van der Waals surface area contributed by atoms with Crippen molar-refractivity contribution in [1.29, 1.82) is 0 Å². The van der Waals surface area contributed by atoms with Gasteiger partial charge in [0.15, 0.2) is 0 Å². The number of rotatable bonds is 2. The molecule has 21 heavy (non-hydrogen) atoms. The molecule has 0 saturated carbocycles. The average molecular weight is 305 g/mol.